The van der Waals surface area contributed by atoms with Crippen molar-refractivity contribution in [3.05, 3.63) is 88.6 Å². The molecule has 4 rings (SSSR count). The third-order valence-electron chi connectivity index (χ3n) is 5.00. The monoisotopic (exact) mass is 390 g/mol. The van der Waals surface area contributed by atoms with Crippen LogP contribution in [0.15, 0.2) is 72.4 Å². The van der Waals surface area contributed by atoms with Crippen molar-refractivity contribution in [3.8, 4) is 5.75 Å². The van der Waals surface area contributed by atoms with Crippen molar-refractivity contribution in [1.29, 1.82) is 0 Å². The van der Waals surface area contributed by atoms with E-state index >= 15 is 0 Å². The van der Waals surface area contributed by atoms with Crippen LogP contribution < -0.4 is 4.74 Å². The van der Waals surface area contributed by atoms with Crippen LogP contribution in [0.25, 0.3) is 10.8 Å². The molecule has 0 bridgehead atoms. The topological polar surface area (TPSA) is 44.2 Å². The number of benzene rings is 2. The smallest absolute Gasteiger partial charge is 0.144 e. The molecular weight excluding hydrogens is 368 g/mol. The van der Waals surface area contributed by atoms with Crippen LogP contribution in [-0.2, 0) is 16.9 Å². The summed E-state index contributed by atoms with van der Waals surface area (Å²) in [6.45, 7) is 2.52. The van der Waals surface area contributed by atoms with Gasteiger partial charge in [0.05, 0.1) is 5.69 Å². The van der Waals surface area contributed by atoms with Crippen molar-refractivity contribution < 1.29 is 9.47 Å². The lowest BCUT2D eigenvalue weighted by molar-refractivity contribution is 0.0182. The van der Waals surface area contributed by atoms with Crippen molar-refractivity contribution in [2.45, 2.75) is 25.6 Å². The van der Waals surface area contributed by atoms with Crippen molar-refractivity contribution >= 4 is 22.1 Å². The molecule has 0 amide bonds. The van der Waals surface area contributed by atoms with Gasteiger partial charge in [0.15, 0.2) is 0 Å². The summed E-state index contributed by atoms with van der Waals surface area (Å²) in [5, 5.41) is 5.22. The molecule has 1 unspecified atom stereocenters. The van der Waals surface area contributed by atoms with E-state index in [1.807, 2.05) is 48.1 Å². The third-order valence-corrected chi connectivity index (χ3v) is 5.91. The highest BCUT2D eigenvalue weighted by atomic mass is 32.1. The minimum Gasteiger partial charge on any atom is -0.487 e. The first-order valence-electron chi connectivity index (χ1n) is 9.27. The lowest BCUT2D eigenvalue weighted by Crippen LogP contribution is -2.29. The molecule has 0 saturated heterocycles. The van der Waals surface area contributed by atoms with Gasteiger partial charge in [-0.3, -0.25) is 4.98 Å². The second-order valence-electron chi connectivity index (χ2n) is 6.56. The maximum atomic E-state index is 6.05. The molecule has 0 N–H and O–H groups in total. The Morgan fingerprint density at radius 2 is 1.86 bits per heavy atom. The van der Waals surface area contributed by atoms with Gasteiger partial charge in [-0.1, -0.05) is 43.3 Å². The first-order chi connectivity index (χ1) is 13.7. The second kappa shape index (κ2) is 8.09. The third kappa shape index (κ3) is 3.51. The average molecular weight is 391 g/mol. The Bertz CT molecular complexity index is 1060. The van der Waals surface area contributed by atoms with E-state index in [-0.39, 0.29) is 0 Å². The molecule has 142 valence electrons. The quantitative estimate of drug-likeness (QED) is 0.414. The van der Waals surface area contributed by atoms with Gasteiger partial charge in [0, 0.05) is 30.3 Å². The first kappa shape index (κ1) is 18.6. The van der Waals surface area contributed by atoms with Crippen molar-refractivity contribution in [2.75, 3.05) is 7.11 Å². The van der Waals surface area contributed by atoms with Crippen LogP contribution in [0.2, 0.25) is 0 Å². The van der Waals surface area contributed by atoms with Crippen LogP contribution in [0.5, 0.6) is 5.75 Å². The van der Waals surface area contributed by atoms with E-state index in [1.165, 1.54) is 0 Å². The van der Waals surface area contributed by atoms with Crippen LogP contribution in [0.3, 0.4) is 0 Å². The van der Waals surface area contributed by atoms with Crippen molar-refractivity contribution in [3.63, 3.8) is 0 Å². The maximum Gasteiger partial charge on any atom is 0.144 e. The Labute approximate surface area is 168 Å². The largest absolute Gasteiger partial charge is 0.487 e. The Balaban J connectivity index is 1.58. The Hall–Kier alpha value is -2.76. The van der Waals surface area contributed by atoms with Crippen LogP contribution in [-0.4, -0.2) is 17.1 Å². The number of ether oxygens (including phenoxy) is 2. The lowest BCUT2D eigenvalue weighted by Gasteiger charge is -2.30. The van der Waals surface area contributed by atoms with Crippen LogP contribution in [0.4, 0.5) is 0 Å². The summed E-state index contributed by atoms with van der Waals surface area (Å²) in [7, 11) is 1.73. The van der Waals surface area contributed by atoms with Crippen molar-refractivity contribution in [2.24, 2.45) is 0 Å². The summed E-state index contributed by atoms with van der Waals surface area (Å²) < 4.78 is 12.0. The molecule has 28 heavy (non-hydrogen) atoms. The van der Waals surface area contributed by atoms with Crippen molar-refractivity contribution in [1.82, 2.24) is 9.97 Å². The molecular formula is C23H22N2O2S. The number of aromatic nitrogens is 2. The zero-order chi connectivity index (χ0) is 19.4. The number of nitrogens with zero attached hydrogens (tertiary/aromatic N) is 2. The highest BCUT2D eigenvalue weighted by Gasteiger charge is 2.35. The number of pyridine rings is 1. The summed E-state index contributed by atoms with van der Waals surface area (Å²) in [6.07, 6.45) is 4.49. The minimum absolute atomic E-state index is 0.414. The zero-order valence-electron chi connectivity index (χ0n) is 16.0. The Morgan fingerprint density at radius 1 is 1.00 bits per heavy atom. The van der Waals surface area contributed by atoms with E-state index in [0.717, 1.165) is 39.2 Å². The van der Waals surface area contributed by atoms with E-state index in [0.29, 0.717) is 6.61 Å². The SMILES string of the molecule is CCC(OC)(c1cccc(OCc2cc3ccccc3cn2)c1)c1nccs1. The van der Waals surface area contributed by atoms with E-state index in [1.54, 1.807) is 18.4 Å². The van der Waals surface area contributed by atoms with E-state index in [2.05, 4.69) is 41.2 Å². The van der Waals surface area contributed by atoms with Gasteiger partial charge in [0.2, 0.25) is 0 Å². The molecule has 0 aliphatic carbocycles. The Morgan fingerprint density at radius 3 is 2.61 bits per heavy atom. The Kier molecular flexibility index (Phi) is 5.37. The molecule has 2 aromatic heterocycles. The fourth-order valence-corrected chi connectivity index (χ4v) is 4.36. The first-order valence-corrected chi connectivity index (χ1v) is 10.2. The standard InChI is InChI=1S/C23H22N2O2S/c1-3-23(26-2,22-24-11-12-28-22)19-9-6-10-21(14-19)27-16-20-13-17-7-4-5-8-18(17)15-25-20/h4-15H,3,16H2,1-2H3. The molecule has 2 aromatic carbocycles. The molecule has 0 radical (unpaired) electrons. The minimum atomic E-state index is -0.561. The predicted molar refractivity (Wildman–Crippen MR) is 113 cm³/mol. The fraction of sp³-hybridized carbons (Fsp3) is 0.217. The number of fused-ring (bicyclic) bond motifs is 1. The summed E-state index contributed by atoms with van der Waals surface area (Å²) in [4.78, 5) is 9.01. The second-order valence-corrected chi connectivity index (χ2v) is 7.46. The summed E-state index contributed by atoms with van der Waals surface area (Å²) >= 11 is 1.60. The lowest BCUT2D eigenvalue weighted by atomic mass is 9.91. The van der Waals surface area contributed by atoms with Gasteiger partial charge in [-0.15, -0.1) is 11.3 Å². The van der Waals surface area contributed by atoms with E-state index < -0.39 is 5.60 Å². The number of thiazole rings is 1. The average Bonchev–Trinajstić information content (AvgIpc) is 3.29. The summed E-state index contributed by atoms with van der Waals surface area (Å²) in [5.74, 6) is 0.791. The molecule has 4 nitrogen and oxygen atoms in total. The number of rotatable bonds is 7. The van der Waals surface area contributed by atoms with Gasteiger partial charge in [-0.25, -0.2) is 4.98 Å². The molecule has 4 aromatic rings. The molecule has 0 fully saturated rings. The molecule has 0 spiro atoms. The molecule has 1 atom stereocenters. The van der Waals surface area contributed by atoms with Crippen LogP contribution >= 0.6 is 11.3 Å². The van der Waals surface area contributed by atoms with E-state index in [9.17, 15) is 0 Å². The summed E-state index contributed by atoms with van der Waals surface area (Å²) in [6, 6.07) is 18.3. The van der Waals surface area contributed by atoms with Gasteiger partial charge in [0.1, 0.15) is 23.0 Å². The van der Waals surface area contributed by atoms with Gasteiger partial charge in [-0.05, 0) is 35.6 Å². The number of hydrogen-bond donors (Lipinski definition) is 0. The van der Waals surface area contributed by atoms with Gasteiger partial charge in [0.25, 0.3) is 0 Å². The number of methoxy groups -OCH3 is 1. The van der Waals surface area contributed by atoms with Gasteiger partial charge in [-0.2, -0.15) is 0 Å². The van der Waals surface area contributed by atoms with E-state index in [4.69, 9.17) is 9.47 Å². The zero-order valence-corrected chi connectivity index (χ0v) is 16.8. The fourth-order valence-electron chi connectivity index (χ4n) is 3.45. The highest BCUT2D eigenvalue weighted by Crippen LogP contribution is 2.38. The van der Waals surface area contributed by atoms with Gasteiger partial charge < -0.3 is 9.47 Å². The van der Waals surface area contributed by atoms with Crippen LogP contribution in [0, 0.1) is 0 Å². The van der Waals surface area contributed by atoms with Crippen LogP contribution in [0.1, 0.15) is 29.6 Å². The molecule has 0 aliphatic heterocycles. The summed E-state index contributed by atoms with van der Waals surface area (Å²) in [5.41, 5.74) is 1.38. The predicted octanol–water partition coefficient (Wildman–Crippen LogP) is 5.57. The number of hydrogen-bond acceptors (Lipinski definition) is 5. The molecule has 0 saturated carbocycles. The highest BCUT2D eigenvalue weighted by molar-refractivity contribution is 7.09. The normalized spacial score (nSPS) is 13.4. The molecule has 5 heteroatoms. The molecule has 0 aliphatic rings. The van der Waals surface area contributed by atoms with Gasteiger partial charge >= 0.3 is 0 Å². The maximum absolute atomic E-state index is 6.05. The molecule has 2 heterocycles.